The molecule has 1 heterocycles. The molecule has 0 aromatic heterocycles. The molecule has 3 atom stereocenters. The molecule has 20 heavy (non-hydrogen) atoms. The summed E-state index contributed by atoms with van der Waals surface area (Å²) in [4.78, 5) is 22.6. The highest BCUT2D eigenvalue weighted by molar-refractivity contribution is 5.91. The average Bonchev–Trinajstić information content (AvgIpc) is 2.71. The van der Waals surface area contributed by atoms with Crippen molar-refractivity contribution < 1.29 is 24.5 Å². The van der Waals surface area contributed by atoms with Crippen LogP contribution in [0.3, 0.4) is 0 Å². The highest BCUT2D eigenvalue weighted by Crippen LogP contribution is 2.34. The van der Waals surface area contributed by atoms with E-state index in [9.17, 15) is 19.8 Å². The van der Waals surface area contributed by atoms with Crippen LogP contribution in [0.1, 0.15) is 19.3 Å². The van der Waals surface area contributed by atoms with Gasteiger partial charge in [0.2, 0.25) is 0 Å². The highest BCUT2D eigenvalue weighted by Gasteiger charge is 2.42. The van der Waals surface area contributed by atoms with Crippen molar-refractivity contribution in [3.8, 4) is 0 Å². The molecule has 0 aromatic carbocycles. The fraction of sp³-hybridized carbons (Fsp3) is 0.467. The van der Waals surface area contributed by atoms with E-state index in [1.807, 2.05) is 0 Å². The molecule has 0 saturated carbocycles. The van der Waals surface area contributed by atoms with Crippen LogP contribution in [0.25, 0.3) is 0 Å². The van der Waals surface area contributed by atoms with E-state index in [-0.39, 0.29) is 18.6 Å². The monoisotopic (exact) mass is 278 g/mol. The molecular weight excluding hydrogens is 260 g/mol. The van der Waals surface area contributed by atoms with E-state index >= 15 is 0 Å². The molecule has 1 fully saturated rings. The molecule has 5 heteroatoms. The Hall–Kier alpha value is -1.72. The molecule has 1 saturated heterocycles. The number of hydrogen-bond acceptors (Lipinski definition) is 5. The van der Waals surface area contributed by atoms with Gasteiger partial charge in [-0.05, 0) is 30.1 Å². The Balaban J connectivity index is 2.36. The summed E-state index contributed by atoms with van der Waals surface area (Å²) in [5.74, 6) is -1.12. The summed E-state index contributed by atoms with van der Waals surface area (Å²) >= 11 is 0. The average molecular weight is 278 g/mol. The minimum Gasteiger partial charge on any atom is -0.454 e. The van der Waals surface area contributed by atoms with Gasteiger partial charge in [0, 0.05) is 12.0 Å². The van der Waals surface area contributed by atoms with Crippen LogP contribution >= 0.6 is 0 Å². The third kappa shape index (κ3) is 2.89. The van der Waals surface area contributed by atoms with Crippen LogP contribution in [0.2, 0.25) is 0 Å². The number of allylic oxidation sites excluding steroid dienone is 1. The van der Waals surface area contributed by atoms with Gasteiger partial charge in [-0.1, -0.05) is 12.7 Å². The first-order valence-electron chi connectivity index (χ1n) is 6.59. The van der Waals surface area contributed by atoms with E-state index in [1.54, 1.807) is 12.2 Å². The van der Waals surface area contributed by atoms with Crippen molar-refractivity contribution in [2.45, 2.75) is 31.5 Å². The first kappa shape index (κ1) is 14.7. The minimum atomic E-state index is -0.912. The van der Waals surface area contributed by atoms with Crippen molar-refractivity contribution in [1.82, 2.24) is 0 Å². The van der Waals surface area contributed by atoms with Gasteiger partial charge in [-0.25, -0.2) is 4.79 Å². The third-order valence-electron chi connectivity index (χ3n) is 3.75. The topological polar surface area (TPSA) is 83.8 Å². The molecule has 2 rings (SSSR count). The zero-order valence-corrected chi connectivity index (χ0v) is 11.1. The second-order valence-corrected chi connectivity index (χ2v) is 5.11. The van der Waals surface area contributed by atoms with Crippen molar-refractivity contribution in [2.75, 3.05) is 6.61 Å². The Labute approximate surface area is 117 Å². The van der Waals surface area contributed by atoms with Crippen molar-refractivity contribution >= 4 is 12.3 Å². The molecule has 0 bridgehead atoms. The highest BCUT2D eigenvalue weighted by atomic mass is 16.6. The van der Waals surface area contributed by atoms with Gasteiger partial charge < -0.3 is 14.9 Å². The number of rotatable bonds is 2. The largest absolute Gasteiger partial charge is 0.454 e. The lowest BCUT2D eigenvalue weighted by Gasteiger charge is -2.22. The molecule has 0 spiro atoms. The van der Waals surface area contributed by atoms with Crippen LogP contribution in [0.15, 0.2) is 35.5 Å². The van der Waals surface area contributed by atoms with Crippen LogP contribution in [0, 0.1) is 5.92 Å². The number of aliphatic hydroxyl groups is 2. The summed E-state index contributed by atoms with van der Waals surface area (Å²) in [7, 11) is 0. The molecule has 108 valence electrons. The Bertz CT molecular complexity index is 488. The van der Waals surface area contributed by atoms with E-state index in [0.717, 1.165) is 5.57 Å². The maximum atomic E-state index is 11.6. The van der Waals surface area contributed by atoms with Crippen LogP contribution in [-0.4, -0.2) is 41.3 Å². The zero-order chi connectivity index (χ0) is 14.7. The Morgan fingerprint density at radius 3 is 2.90 bits per heavy atom. The summed E-state index contributed by atoms with van der Waals surface area (Å²) in [6.07, 6.45) is 3.95. The van der Waals surface area contributed by atoms with Crippen LogP contribution in [-0.2, 0) is 14.3 Å². The molecule has 0 amide bonds. The quantitative estimate of drug-likeness (QED) is 0.336. The van der Waals surface area contributed by atoms with E-state index in [4.69, 9.17) is 4.74 Å². The summed E-state index contributed by atoms with van der Waals surface area (Å²) in [5, 5.41) is 19.6. The zero-order valence-electron chi connectivity index (χ0n) is 11.1. The van der Waals surface area contributed by atoms with Gasteiger partial charge >= 0.3 is 5.97 Å². The molecule has 1 aliphatic carbocycles. The van der Waals surface area contributed by atoms with Crippen LogP contribution in [0.5, 0.6) is 0 Å². The Morgan fingerprint density at radius 2 is 2.25 bits per heavy atom. The minimum absolute atomic E-state index is 0.145. The van der Waals surface area contributed by atoms with E-state index < -0.39 is 24.1 Å². The number of aldehydes is 1. The summed E-state index contributed by atoms with van der Waals surface area (Å²) in [5.41, 5.74) is 1.42. The van der Waals surface area contributed by atoms with Gasteiger partial charge in [0.25, 0.3) is 0 Å². The number of aliphatic hydroxyl groups excluding tert-OH is 2. The van der Waals surface area contributed by atoms with E-state index in [2.05, 4.69) is 6.58 Å². The van der Waals surface area contributed by atoms with Gasteiger partial charge in [0.1, 0.15) is 12.4 Å². The number of carbonyl (C=O) groups is 2. The van der Waals surface area contributed by atoms with Gasteiger partial charge in [0.15, 0.2) is 0 Å². The van der Waals surface area contributed by atoms with Gasteiger partial charge in [-0.15, -0.1) is 0 Å². The first-order chi connectivity index (χ1) is 9.56. The molecule has 0 unspecified atom stereocenters. The molecule has 2 aliphatic rings. The lowest BCUT2D eigenvalue weighted by Crippen LogP contribution is -2.29. The first-order valence-corrected chi connectivity index (χ1v) is 6.59. The fourth-order valence-corrected chi connectivity index (χ4v) is 2.63. The summed E-state index contributed by atoms with van der Waals surface area (Å²) in [6.45, 7) is 3.52. The smallest absolute Gasteiger partial charge is 0.334 e. The molecule has 5 nitrogen and oxygen atoms in total. The normalized spacial score (nSPS) is 36.2. The molecule has 1 aliphatic heterocycles. The maximum absolute atomic E-state index is 11.6. The predicted octanol–water partition coefficient (Wildman–Crippen LogP) is 0.673. The summed E-state index contributed by atoms with van der Waals surface area (Å²) < 4.78 is 5.19. The third-order valence-corrected chi connectivity index (χ3v) is 3.75. The predicted molar refractivity (Wildman–Crippen MR) is 71.7 cm³/mol. The molecule has 2 N–H and O–H groups in total. The van der Waals surface area contributed by atoms with Crippen molar-refractivity contribution in [3.63, 3.8) is 0 Å². The lowest BCUT2D eigenvalue weighted by atomic mass is 9.85. The second kappa shape index (κ2) is 6.15. The van der Waals surface area contributed by atoms with Crippen LogP contribution in [0.4, 0.5) is 0 Å². The summed E-state index contributed by atoms with van der Waals surface area (Å²) in [6, 6.07) is 0. The van der Waals surface area contributed by atoms with Gasteiger partial charge in [-0.2, -0.15) is 0 Å². The molecule has 0 radical (unpaired) electrons. The Morgan fingerprint density at radius 1 is 1.50 bits per heavy atom. The van der Waals surface area contributed by atoms with Crippen molar-refractivity contribution in [1.29, 1.82) is 0 Å². The number of esters is 1. The van der Waals surface area contributed by atoms with Crippen LogP contribution < -0.4 is 0 Å². The standard InChI is InChI=1S/C15H18O5/c1-9-14-12(18)5-10(7-16)3-2-4-11(8-17)6-13(14)20-15(9)19/h3,6-7,12-14,17-18H,1-2,4-5,8H2/b10-3+,11-6-/t12-,13+,14+/m0/s1. The number of fused-ring (bicyclic) bond motifs is 1. The van der Waals surface area contributed by atoms with Crippen molar-refractivity contribution in [2.24, 2.45) is 5.92 Å². The number of hydrogen-bond donors (Lipinski definition) is 2. The molecule has 0 aromatic rings. The van der Waals surface area contributed by atoms with Gasteiger partial charge in [-0.3, -0.25) is 4.79 Å². The number of ether oxygens (including phenoxy) is 1. The fourth-order valence-electron chi connectivity index (χ4n) is 2.63. The number of carbonyl (C=O) groups excluding carboxylic acids is 2. The second-order valence-electron chi connectivity index (χ2n) is 5.11. The maximum Gasteiger partial charge on any atom is 0.334 e. The van der Waals surface area contributed by atoms with Crippen molar-refractivity contribution in [3.05, 3.63) is 35.5 Å². The Kier molecular flexibility index (Phi) is 4.52. The SMILES string of the molecule is C=C1C(=O)O[C@@H]2/C=C(\CO)CC/C=C(/C=O)C[C@H](O)[C@@H]12. The van der Waals surface area contributed by atoms with Gasteiger partial charge in [0.05, 0.1) is 18.6 Å². The lowest BCUT2D eigenvalue weighted by molar-refractivity contribution is -0.137. The van der Waals surface area contributed by atoms with E-state index in [1.165, 1.54) is 0 Å². The van der Waals surface area contributed by atoms with E-state index in [0.29, 0.717) is 24.7 Å². The molecular formula is C15H18O5.